The average molecular weight is 194 g/mol. The van der Waals surface area contributed by atoms with Gasteiger partial charge in [-0.2, -0.15) is 0 Å². The van der Waals surface area contributed by atoms with Crippen molar-refractivity contribution in [3.63, 3.8) is 0 Å². The number of esters is 1. The van der Waals surface area contributed by atoms with E-state index in [1.807, 2.05) is 0 Å². The molecular formula is C11H11FO2. The van der Waals surface area contributed by atoms with Crippen molar-refractivity contribution in [1.82, 2.24) is 0 Å². The highest BCUT2D eigenvalue weighted by atomic mass is 19.1. The van der Waals surface area contributed by atoms with Crippen LogP contribution in [0.15, 0.2) is 24.3 Å². The van der Waals surface area contributed by atoms with Crippen molar-refractivity contribution in [2.75, 3.05) is 7.11 Å². The van der Waals surface area contributed by atoms with Crippen LogP contribution in [0.2, 0.25) is 0 Å². The molecule has 0 amide bonds. The number of carbonyl (C=O) groups is 1. The smallest absolute Gasteiger partial charge is 0.309 e. The third-order valence-corrected chi connectivity index (χ3v) is 2.60. The summed E-state index contributed by atoms with van der Waals surface area (Å²) in [6.45, 7) is 0. The molecule has 74 valence electrons. The lowest BCUT2D eigenvalue weighted by molar-refractivity contribution is -0.142. The van der Waals surface area contributed by atoms with Crippen LogP contribution in [0.3, 0.4) is 0 Å². The predicted octanol–water partition coefficient (Wildman–Crippen LogP) is 2.10. The molecule has 1 saturated carbocycles. The summed E-state index contributed by atoms with van der Waals surface area (Å²) >= 11 is 0. The van der Waals surface area contributed by atoms with E-state index in [-0.39, 0.29) is 23.6 Å². The largest absolute Gasteiger partial charge is 0.469 e. The Bertz CT molecular complexity index is 362. The Hall–Kier alpha value is -1.38. The van der Waals surface area contributed by atoms with Gasteiger partial charge in [0.15, 0.2) is 0 Å². The van der Waals surface area contributed by atoms with Crippen LogP contribution >= 0.6 is 0 Å². The average Bonchev–Trinajstić information content (AvgIpc) is 2.97. The second kappa shape index (κ2) is 3.40. The van der Waals surface area contributed by atoms with Crippen molar-refractivity contribution in [3.05, 3.63) is 35.6 Å². The van der Waals surface area contributed by atoms with E-state index >= 15 is 0 Å². The van der Waals surface area contributed by atoms with Crippen molar-refractivity contribution in [2.24, 2.45) is 5.92 Å². The van der Waals surface area contributed by atoms with Gasteiger partial charge in [-0.05, 0) is 18.1 Å². The van der Waals surface area contributed by atoms with Crippen LogP contribution in [-0.4, -0.2) is 13.1 Å². The van der Waals surface area contributed by atoms with Gasteiger partial charge in [-0.3, -0.25) is 4.79 Å². The molecule has 0 N–H and O–H groups in total. The van der Waals surface area contributed by atoms with E-state index in [4.69, 9.17) is 0 Å². The van der Waals surface area contributed by atoms with Crippen LogP contribution in [-0.2, 0) is 9.53 Å². The van der Waals surface area contributed by atoms with Gasteiger partial charge >= 0.3 is 5.97 Å². The summed E-state index contributed by atoms with van der Waals surface area (Å²) in [6, 6.07) is 6.57. The number of hydrogen-bond acceptors (Lipinski definition) is 2. The van der Waals surface area contributed by atoms with Crippen molar-refractivity contribution >= 4 is 5.97 Å². The fourth-order valence-corrected chi connectivity index (χ4v) is 1.73. The molecule has 0 saturated heterocycles. The zero-order valence-corrected chi connectivity index (χ0v) is 7.87. The fraction of sp³-hybridized carbons (Fsp3) is 0.364. The number of hydrogen-bond donors (Lipinski definition) is 0. The zero-order chi connectivity index (χ0) is 10.1. The Morgan fingerprint density at radius 1 is 1.50 bits per heavy atom. The number of ether oxygens (including phenoxy) is 1. The number of carbonyl (C=O) groups excluding carboxylic acids is 1. The summed E-state index contributed by atoms with van der Waals surface area (Å²) in [5, 5.41) is 0. The Kier molecular flexibility index (Phi) is 2.23. The van der Waals surface area contributed by atoms with Gasteiger partial charge in [-0.1, -0.05) is 18.2 Å². The van der Waals surface area contributed by atoms with Gasteiger partial charge in [0.05, 0.1) is 13.0 Å². The molecule has 1 aliphatic carbocycles. The van der Waals surface area contributed by atoms with Crippen LogP contribution in [0.4, 0.5) is 4.39 Å². The molecule has 1 aliphatic rings. The molecule has 2 atom stereocenters. The maximum atomic E-state index is 13.3. The highest BCUT2D eigenvalue weighted by molar-refractivity contribution is 5.77. The minimum absolute atomic E-state index is 0.0173. The highest BCUT2D eigenvalue weighted by Gasteiger charge is 2.45. The normalized spacial score (nSPS) is 24.4. The van der Waals surface area contributed by atoms with E-state index in [2.05, 4.69) is 4.74 Å². The van der Waals surface area contributed by atoms with E-state index in [0.717, 1.165) is 0 Å². The van der Waals surface area contributed by atoms with E-state index < -0.39 is 0 Å². The summed E-state index contributed by atoms with van der Waals surface area (Å²) in [7, 11) is 1.36. The molecule has 0 aromatic heterocycles. The predicted molar refractivity (Wildman–Crippen MR) is 49.3 cm³/mol. The summed E-state index contributed by atoms with van der Waals surface area (Å²) in [5.74, 6) is -0.595. The molecule has 0 bridgehead atoms. The molecule has 1 aromatic rings. The molecule has 3 heteroatoms. The first-order valence-electron chi connectivity index (χ1n) is 4.56. The minimum Gasteiger partial charge on any atom is -0.469 e. The maximum absolute atomic E-state index is 13.3. The van der Waals surface area contributed by atoms with Gasteiger partial charge < -0.3 is 4.74 Å². The molecule has 0 spiro atoms. The maximum Gasteiger partial charge on any atom is 0.309 e. The summed E-state index contributed by atoms with van der Waals surface area (Å²) in [6.07, 6.45) is 0.702. The van der Waals surface area contributed by atoms with Gasteiger partial charge in [0, 0.05) is 5.92 Å². The van der Waals surface area contributed by atoms with Crippen LogP contribution in [0, 0.1) is 11.7 Å². The number of benzene rings is 1. The molecule has 1 aromatic carbocycles. The second-order valence-corrected chi connectivity index (χ2v) is 3.49. The third kappa shape index (κ3) is 1.50. The molecule has 2 nitrogen and oxygen atoms in total. The van der Waals surface area contributed by atoms with E-state index in [1.165, 1.54) is 13.2 Å². The van der Waals surface area contributed by atoms with E-state index in [1.54, 1.807) is 18.2 Å². The summed E-state index contributed by atoms with van der Waals surface area (Å²) in [4.78, 5) is 11.1. The summed E-state index contributed by atoms with van der Waals surface area (Å²) in [5.41, 5.74) is 0.628. The Morgan fingerprint density at radius 3 is 2.86 bits per heavy atom. The Balaban J connectivity index is 2.13. The van der Waals surface area contributed by atoms with Crippen LogP contribution in [0.1, 0.15) is 17.9 Å². The standard InChI is InChI=1S/C11H11FO2/c1-14-11(13)9-6-8(9)7-4-2-3-5-10(7)12/h2-5,8-9H,6H2,1H3/t8-,9+/m0/s1. The molecular weight excluding hydrogens is 183 g/mol. The quantitative estimate of drug-likeness (QED) is 0.674. The monoisotopic (exact) mass is 194 g/mol. The van der Waals surface area contributed by atoms with Gasteiger partial charge in [0.2, 0.25) is 0 Å². The zero-order valence-electron chi connectivity index (χ0n) is 7.87. The van der Waals surface area contributed by atoms with Gasteiger partial charge in [-0.15, -0.1) is 0 Å². The summed E-state index contributed by atoms with van der Waals surface area (Å²) < 4.78 is 17.9. The van der Waals surface area contributed by atoms with Gasteiger partial charge in [0.1, 0.15) is 5.82 Å². The Labute approximate surface area is 81.7 Å². The van der Waals surface area contributed by atoms with Crippen LogP contribution in [0.25, 0.3) is 0 Å². The van der Waals surface area contributed by atoms with Crippen molar-refractivity contribution in [1.29, 1.82) is 0 Å². The number of rotatable bonds is 2. The molecule has 0 aliphatic heterocycles. The highest BCUT2D eigenvalue weighted by Crippen LogP contribution is 2.48. The molecule has 14 heavy (non-hydrogen) atoms. The molecule has 0 unspecified atom stereocenters. The second-order valence-electron chi connectivity index (χ2n) is 3.49. The lowest BCUT2D eigenvalue weighted by atomic mass is 10.1. The lowest BCUT2D eigenvalue weighted by Crippen LogP contribution is -2.04. The van der Waals surface area contributed by atoms with Gasteiger partial charge in [-0.25, -0.2) is 4.39 Å². The fourth-order valence-electron chi connectivity index (χ4n) is 1.73. The SMILES string of the molecule is COC(=O)[C@@H]1C[C@H]1c1ccccc1F. The molecule has 0 radical (unpaired) electrons. The number of halogens is 1. The first kappa shape index (κ1) is 9.19. The van der Waals surface area contributed by atoms with Crippen molar-refractivity contribution in [3.8, 4) is 0 Å². The van der Waals surface area contributed by atoms with Crippen molar-refractivity contribution < 1.29 is 13.9 Å². The lowest BCUT2D eigenvalue weighted by Gasteiger charge is -2.00. The van der Waals surface area contributed by atoms with Crippen LogP contribution in [0.5, 0.6) is 0 Å². The van der Waals surface area contributed by atoms with Crippen molar-refractivity contribution in [2.45, 2.75) is 12.3 Å². The first-order valence-corrected chi connectivity index (χ1v) is 4.56. The molecule has 1 fully saturated rings. The Morgan fingerprint density at radius 2 is 2.21 bits per heavy atom. The molecule has 0 heterocycles. The van der Waals surface area contributed by atoms with E-state index in [9.17, 15) is 9.18 Å². The number of methoxy groups -OCH3 is 1. The van der Waals surface area contributed by atoms with Gasteiger partial charge in [0.25, 0.3) is 0 Å². The topological polar surface area (TPSA) is 26.3 Å². The minimum atomic E-state index is -0.238. The first-order chi connectivity index (χ1) is 6.74. The van der Waals surface area contributed by atoms with Crippen LogP contribution < -0.4 is 0 Å². The third-order valence-electron chi connectivity index (χ3n) is 2.60. The molecule has 2 rings (SSSR count). The van der Waals surface area contributed by atoms with E-state index in [0.29, 0.717) is 12.0 Å².